The monoisotopic (exact) mass is 433 g/mol. The number of rotatable bonds is 5. The van der Waals surface area contributed by atoms with Crippen molar-refractivity contribution in [3.05, 3.63) is 75.5 Å². The van der Waals surface area contributed by atoms with Crippen molar-refractivity contribution in [2.75, 3.05) is 5.32 Å². The van der Waals surface area contributed by atoms with E-state index >= 15 is 0 Å². The summed E-state index contributed by atoms with van der Waals surface area (Å²) in [7, 11) is 0. The van der Waals surface area contributed by atoms with E-state index in [9.17, 15) is 19.7 Å². The molecule has 0 aliphatic heterocycles. The minimum atomic E-state index is -1.15. The second-order valence-corrected chi connectivity index (χ2v) is 8.09. The lowest BCUT2D eigenvalue weighted by atomic mass is 9.84. The molecule has 164 valence electrons. The van der Waals surface area contributed by atoms with Gasteiger partial charge in [-0.15, -0.1) is 0 Å². The van der Waals surface area contributed by atoms with E-state index in [1.807, 2.05) is 24.3 Å². The van der Waals surface area contributed by atoms with Gasteiger partial charge < -0.3 is 10.1 Å². The van der Waals surface area contributed by atoms with Crippen LogP contribution in [0.3, 0.4) is 0 Å². The van der Waals surface area contributed by atoms with Crippen LogP contribution in [0.1, 0.15) is 41.9 Å². The van der Waals surface area contributed by atoms with E-state index in [2.05, 4.69) is 12.2 Å². The van der Waals surface area contributed by atoms with E-state index in [0.717, 1.165) is 24.1 Å². The number of aromatic nitrogens is 1. The van der Waals surface area contributed by atoms with E-state index in [4.69, 9.17) is 9.72 Å². The second-order valence-electron chi connectivity index (χ2n) is 8.09. The van der Waals surface area contributed by atoms with E-state index in [1.54, 1.807) is 6.07 Å². The van der Waals surface area contributed by atoms with Gasteiger partial charge in [-0.25, -0.2) is 4.79 Å². The Labute approximate surface area is 184 Å². The Hall–Kier alpha value is -3.81. The molecule has 4 rings (SSSR count). The van der Waals surface area contributed by atoms with E-state index in [0.29, 0.717) is 28.8 Å². The maximum absolute atomic E-state index is 13.2. The van der Waals surface area contributed by atoms with Crippen LogP contribution in [0, 0.1) is 16.0 Å². The van der Waals surface area contributed by atoms with Gasteiger partial charge >= 0.3 is 5.97 Å². The summed E-state index contributed by atoms with van der Waals surface area (Å²) < 4.78 is 5.53. The predicted molar refractivity (Wildman–Crippen MR) is 120 cm³/mol. The van der Waals surface area contributed by atoms with Crippen molar-refractivity contribution in [1.82, 2.24) is 4.98 Å². The van der Waals surface area contributed by atoms with Crippen LogP contribution in [-0.2, 0) is 22.4 Å². The topological polar surface area (TPSA) is 111 Å². The van der Waals surface area contributed by atoms with Gasteiger partial charge in [-0.1, -0.05) is 37.3 Å². The minimum absolute atomic E-state index is 0.0472. The van der Waals surface area contributed by atoms with Gasteiger partial charge in [-0.05, 0) is 49.8 Å². The number of nitrogens with one attached hydrogen (secondary N) is 1. The quantitative estimate of drug-likeness (QED) is 0.361. The molecule has 3 aromatic rings. The van der Waals surface area contributed by atoms with Crippen LogP contribution in [0.5, 0.6) is 0 Å². The van der Waals surface area contributed by atoms with Gasteiger partial charge in [-0.3, -0.25) is 19.9 Å². The molecule has 0 radical (unpaired) electrons. The highest BCUT2D eigenvalue weighted by atomic mass is 16.6. The minimum Gasteiger partial charge on any atom is -0.449 e. The van der Waals surface area contributed by atoms with Gasteiger partial charge in [0.2, 0.25) is 0 Å². The molecule has 0 spiro atoms. The van der Waals surface area contributed by atoms with Gasteiger partial charge in [0, 0.05) is 17.1 Å². The number of ether oxygens (including phenoxy) is 1. The van der Waals surface area contributed by atoms with E-state index < -0.39 is 22.9 Å². The maximum atomic E-state index is 13.2. The Morgan fingerprint density at radius 1 is 1.19 bits per heavy atom. The first-order chi connectivity index (χ1) is 15.3. The molecular weight excluding hydrogens is 410 g/mol. The molecule has 1 N–H and O–H groups in total. The van der Waals surface area contributed by atoms with Crippen LogP contribution in [-0.4, -0.2) is 27.9 Å². The second kappa shape index (κ2) is 8.74. The Morgan fingerprint density at radius 2 is 1.91 bits per heavy atom. The van der Waals surface area contributed by atoms with Crippen molar-refractivity contribution in [2.45, 2.75) is 39.2 Å². The molecule has 2 unspecified atom stereocenters. The van der Waals surface area contributed by atoms with Crippen molar-refractivity contribution >= 4 is 34.2 Å². The van der Waals surface area contributed by atoms with Crippen LogP contribution in [0.15, 0.2) is 48.5 Å². The molecule has 1 aliphatic carbocycles. The van der Waals surface area contributed by atoms with Crippen molar-refractivity contribution in [3.8, 4) is 0 Å². The molecule has 32 heavy (non-hydrogen) atoms. The molecule has 1 amide bonds. The normalized spacial score (nSPS) is 16.1. The predicted octanol–water partition coefficient (Wildman–Crippen LogP) is 4.45. The number of carbonyl (C=O) groups is 2. The van der Waals surface area contributed by atoms with Gasteiger partial charge in [0.05, 0.1) is 16.0 Å². The molecule has 0 saturated carbocycles. The first-order valence-electron chi connectivity index (χ1n) is 10.5. The first kappa shape index (κ1) is 21.4. The fraction of sp³-hybridized carbons (Fsp3) is 0.292. The fourth-order valence-corrected chi connectivity index (χ4v) is 4.04. The lowest BCUT2D eigenvalue weighted by molar-refractivity contribution is -0.383. The van der Waals surface area contributed by atoms with Gasteiger partial charge in [-0.2, -0.15) is 0 Å². The van der Waals surface area contributed by atoms with Gasteiger partial charge in [0.25, 0.3) is 11.6 Å². The lowest BCUT2D eigenvalue weighted by Gasteiger charge is -2.24. The molecule has 2 aromatic carbocycles. The Balaban J connectivity index is 1.61. The summed E-state index contributed by atoms with van der Waals surface area (Å²) in [4.78, 5) is 41.2. The fourth-order valence-electron chi connectivity index (χ4n) is 4.04. The van der Waals surface area contributed by atoms with Crippen molar-refractivity contribution in [1.29, 1.82) is 0 Å². The summed E-state index contributed by atoms with van der Waals surface area (Å²) in [6.45, 7) is 3.58. The summed E-state index contributed by atoms with van der Waals surface area (Å²) in [5, 5.41) is 14.4. The third kappa shape index (κ3) is 4.16. The van der Waals surface area contributed by atoms with Gasteiger partial charge in [0.15, 0.2) is 6.10 Å². The molecule has 1 aromatic heterocycles. The summed E-state index contributed by atoms with van der Waals surface area (Å²) in [5.74, 6) is -0.830. The van der Waals surface area contributed by atoms with Crippen LogP contribution in [0.25, 0.3) is 10.9 Å². The number of nitro groups is 1. The summed E-state index contributed by atoms with van der Waals surface area (Å²) in [6.07, 6.45) is 1.36. The standard InChI is InChI=1S/C24H23N3O5/c1-14-11-12-19-17(13-14)22(16-7-3-4-8-18(16)25-19)24(29)32-15(2)23(28)26-20-9-5-6-10-21(20)27(30)31/h3-10,14-15H,11-13H2,1-2H3,(H,26,28). The summed E-state index contributed by atoms with van der Waals surface area (Å²) in [6, 6.07) is 13.2. The molecule has 2 atom stereocenters. The molecule has 1 aliphatic rings. The zero-order valence-corrected chi connectivity index (χ0v) is 17.8. The lowest BCUT2D eigenvalue weighted by Crippen LogP contribution is -2.31. The average molecular weight is 433 g/mol. The number of pyridine rings is 1. The Kier molecular flexibility index (Phi) is 5.85. The number of nitrogens with zero attached hydrogens (tertiary/aromatic N) is 2. The number of amides is 1. The van der Waals surface area contributed by atoms with Crippen LogP contribution in [0.2, 0.25) is 0 Å². The highest BCUT2D eigenvalue weighted by Crippen LogP contribution is 2.32. The van der Waals surface area contributed by atoms with Crippen LogP contribution < -0.4 is 5.32 Å². The number of anilines is 1. The SMILES string of the molecule is CC1CCc2nc3ccccc3c(C(=O)OC(C)C(=O)Nc3ccccc3[N+](=O)[O-])c2C1. The summed E-state index contributed by atoms with van der Waals surface area (Å²) >= 11 is 0. The molecular formula is C24H23N3O5. The number of esters is 1. The molecule has 8 nitrogen and oxygen atoms in total. The molecule has 1 heterocycles. The third-order valence-corrected chi connectivity index (χ3v) is 5.72. The molecule has 0 saturated heterocycles. The number of hydrogen-bond acceptors (Lipinski definition) is 6. The van der Waals surface area contributed by atoms with Crippen LogP contribution in [0.4, 0.5) is 11.4 Å². The van der Waals surface area contributed by atoms with Crippen LogP contribution >= 0.6 is 0 Å². The van der Waals surface area contributed by atoms with Crippen molar-refractivity contribution in [2.24, 2.45) is 5.92 Å². The maximum Gasteiger partial charge on any atom is 0.339 e. The first-order valence-corrected chi connectivity index (χ1v) is 10.5. The smallest absolute Gasteiger partial charge is 0.339 e. The zero-order valence-electron chi connectivity index (χ0n) is 17.8. The van der Waals surface area contributed by atoms with E-state index in [-0.39, 0.29) is 11.4 Å². The zero-order chi connectivity index (χ0) is 22.8. The van der Waals surface area contributed by atoms with Crippen molar-refractivity contribution in [3.63, 3.8) is 0 Å². The average Bonchev–Trinajstić information content (AvgIpc) is 2.77. The highest BCUT2D eigenvalue weighted by Gasteiger charge is 2.28. The number of aryl methyl sites for hydroxylation is 1. The van der Waals surface area contributed by atoms with Gasteiger partial charge in [0.1, 0.15) is 5.69 Å². The third-order valence-electron chi connectivity index (χ3n) is 5.72. The largest absolute Gasteiger partial charge is 0.449 e. The Morgan fingerprint density at radius 3 is 2.69 bits per heavy atom. The number of carbonyl (C=O) groups excluding carboxylic acids is 2. The molecule has 8 heteroatoms. The molecule has 0 fully saturated rings. The summed E-state index contributed by atoms with van der Waals surface area (Å²) in [5.41, 5.74) is 2.74. The number of benzene rings is 2. The number of fused-ring (bicyclic) bond motifs is 2. The number of nitro benzene ring substituents is 1. The Bertz CT molecular complexity index is 1220. The highest BCUT2D eigenvalue weighted by molar-refractivity contribution is 6.06. The van der Waals surface area contributed by atoms with E-state index in [1.165, 1.54) is 25.1 Å². The van der Waals surface area contributed by atoms with Crippen molar-refractivity contribution < 1.29 is 19.2 Å². The number of hydrogen-bond donors (Lipinski definition) is 1. The molecule has 0 bridgehead atoms. The number of para-hydroxylation sites is 3.